The number of amides is 1. The van der Waals surface area contributed by atoms with Crippen LogP contribution in [0.25, 0.3) is 5.76 Å². The van der Waals surface area contributed by atoms with Crippen molar-refractivity contribution in [2.75, 3.05) is 4.90 Å². The van der Waals surface area contributed by atoms with Gasteiger partial charge in [-0.1, -0.05) is 54.1 Å². The van der Waals surface area contributed by atoms with E-state index in [1.165, 1.54) is 4.90 Å². The summed E-state index contributed by atoms with van der Waals surface area (Å²) in [6, 6.07) is 18.9. The highest BCUT2D eigenvalue weighted by atomic mass is 16.3. The van der Waals surface area contributed by atoms with Gasteiger partial charge in [0.25, 0.3) is 11.7 Å². The van der Waals surface area contributed by atoms with Gasteiger partial charge < -0.3 is 5.11 Å². The highest BCUT2D eigenvalue weighted by Crippen LogP contribution is 2.41. The first kappa shape index (κ1) is 17.7. The maximum absolute atomic E-state index is 12.9. The molecular formula is C23H18N2O3. The standard InChI is InChI=1S/C23H18N2O3/c1-15-9-11-16(12-10-15)21(26)19-20(17-6-5-13-24-14-17)25(23(28)22(19)27)18-7-3-2-4-8-18/h2-14,20,26H,1H3. The Balaban J connectivity index is 1.94. The molecule has 0 saturated carbocycles. The fourth-order valence-electron chi connectivity index (χ4n) is 3.41. The summed E-state index contributed by atoms with van der Waals surface area (Å²) in [5, 5.41) is 11.0. The van der Waals surface area contributed by atoms with Crippen LogP contribution in [0.5, 0.6) is 0 Å². The van der Waals surface area contributed by atoms with Gasteiger partial charge in [-0.2, -0.15) is 0 Å². The largest absolute Gasteiger partial charge is 0.507 e. The molecule has 0 bridgehead atoms. The van der Waals surface area contributed by atoms with Crippen molar-refractivity contribution in [2.24, 2.45) is 0 Å². The fraction of sp³-hybridized carbons (Fsp3) is 0.0870. The lowest BCUT2D eigenvalue weighted by Gasteiger charge is -2.25. The lowest BCUT2D eigenvalue weighted by molar-refractivity contribution is -0.132. The fourth-order valence-corrected chi connectivity index (χ4v) is 3.41. The molecule has 5 heteroatoms. The van der Waals surface area contributed by atoms with E-state index in [4.69, 9.17) is 0 Å². The van der Waals surface area contributed by atoms with E-state index in [9.17, 15) is 14.7 Å². The maximum Gasteiger partial charge on any atom is 0.300 e. The van der Waals surface area contributed by atoms with Gasteiger partial charge in [0.1, 0.15) is 5.76 Å². The van der Waals surface area contributed by atoms with Gasteiger partial charge in [-0.3, -0.25) is 19.5 Å². The Labute approximate surface area is 162 Å². The van der Waals surface area contributed by atoms with E-state index in [0.29, 0.717) is 16.8 Å². The molecule has 1 atom stereocenters. The molecule has 1 aliphatic rings. The first-order valence-electron chi connectivity index (χ1n) is 8.91. The van der Waals surface area contributed by atoms with Crippen LogP contribution in [0.1, 0.15) is 22.7 Å². The third-order valence-electron chi connectivity index (χ3n) is 4.80. The zero-order valence-electron chi connectivity index (χ0n) is 15.2. The zero-order chi connectivity index (χ0) is 19.7. The average Bonchev–Trinajstić information content (AvgIpc) is 3.00. The minimum atomic E-state index is -0.752. The molecule has 1 fully saturated rings. The van der Waals surface area contributed by atoms with Crippen LogP contribution in [0.2, 0.25) is 0 Å². The second-order valence-corrected chi connectivity index (χ2v) is 6.66. The molecule has 1 unspecified atom stereocenters. The monoisotopic (exact) mass is 370 g/mol. The Morgan fingerprint density at radius 3 is 2.32 bits per heavy atom. The van der Waals surface area contributed by atoms with Gasteiger partial charge in [0.2, 0.25) is 0 Å². The maximum atomic E-state index is 12.9. The molecule has 1 aromatic heterocycles. The van der Waals surface area contributed by atoms with Gasteiger partial charge in [-0.25, -0.2) is 0 Å². The van der Waals surface area contributed by atoms with Crippen molar-refractivity contribution in [1.29, 1.82) is 0 Å². The Kier molecular flexibility index (Phi) is 4.49. The molecule has 4 rings (SSSR count). The molecule has 0 aliphatic carbocycles. The number of benzene rings is 2. The normalized spacial score (nSPS) is 18.5. The van der Waals surface area contributed by atoms with E-state index >= 15 is 0 Å². The van der Waals surface area contributed by atoms with Crippen LogP contribution >= 0.6 is 0 Å². The molecule has 0 radical (unpaired) electrons. The van der Waals surface area contributed by atoms with Crippen LogP contribution < -0.4 is 4.90 Å². The molecule has 0 spiro atoms. The minimum absolute atomic E-state index is 0.0608. The Morgan fingerprint density at radius 2 is 1.68 bits per heavy atom. The van der Waals surface area contributed by atoms with Crippen molar-refractivity contribution in [2.45, 2.75) is 13.0 Å². The summed E-state index contributed by atoms with van der Waals surface area (Å²) in [7, 11) is 0. The minimum Gasteiger partial charge on any atom is -0.507 e. The van der Waals surface area contributed by atoms with E-state index in [1.807, 2.05) is 25.1 Å². The predicted octanol–water partition coefficient (Wildman–Crippen LogP) is 4.02. The number of nitrogens with zero attached hydrogens (tertiary/aromatic N) is 2. The number of aliphatic hydroxyl groups excluding tert-OH is 1. The Hall–Kier alpha value is -3.73. The number of anilines is 1. The van der Waals surface area contributed by atoms with Crippen molar-refractivity contribution in [3.05, 3.63) is 101 Å². The van der Waals surface area contributed by atoms with Crippen molar-refractivity contribution in [3.63, 3.8) is 0 Å². The van der Waals surface area contributed by atoms with Gasteiger partial charge in [0, 0.05) is 23.6 Å². The summed E-state index contributed by atoms with van der Waals surface area (Å²) in [6.07, 6.45) is 3.23. The van der Waals surface area contributed by atoms with Crippen LogP contribution in [0, 0.1) is 6.92 Å². The number of hydrogen-bond donors (Lipinski definition) is 1. The van der Waals surface area contributed by atoms with Crippen LogP contribution in [-0.2, 0) is 9.59 Å². The number of pyridine rings is 1. The summed E-state index contributed by atoms with van der Waals surface area (Å²) in [5.74, 6) is -1.57. The number of aryl methyl sites for hydroxylation is 1. The van der Waals surface area contributed by atoms with Crippen LogP contribution in [0.4, 0.5) is 5.69 Å². The van der Waals surface area contributed by atoms with Gasteiger partial charge >= 0.3 is 0 Å². The summed E-state index contributed by atoms with van der Waals surface area (Å²) in [5.41, 5.74) is 2.82. The Bertz CT molecular complexity index is 1060. The predicted molar refractivity (Wildman–Crippen MR) is 107 cm³/mol. The van der Waals surface area contributed by atoms with Crippen LogP contribution in [0.3, 0.4) is 0 Å². The molecule has 2 heterocycles. The molecule has 5 nitrogen and oxygen atoms in total. The lowest BCUT2D eigenvalue weighted by atomic mass is 9.96. The number of para-hydroxylation sites is 1. The van der Waals surface area contributed by atoms with E-state index in [1.54, 1.807) is 60.9 Å². The summed E-state index contributed by atoms with van der Waals surface area (Å²) >= 11 is 0. The second-order valence-electron chi connectivity index (χ2n) is 6.66. The van der Waals surface area contributed by atoms with Gasteiger partial charge in [0.05, 0.1) is 11.6 Å². The molecule has 1 N–H and O–H groups in total. The van der Waals surface area contributed by atoms with Gasteiger partial charge in [-0.15, -0.1) is 0 Å². The van der Waals surface area contributed by atoms with E-state index in [0.717, 1.165) is 5.56 Å². The number of ketones is 1. The van der Waals surface area contributed by atoms with Crippen molar-refractivity contribution in [1.82, 2.24) is 4.98 Å². The van der Waals surface area contributed by atoms with Crippen LogP contribution in [0.15, 0.2) is 84.7 Å². The number of aliphatic hydroxyl groups is 1. The number of rotatable bonds is 3. The first-order valence-corrected chi connectivity index (χ1v) is 8.91. The van der Waals surface area contributed by atoms with Crippen LogP contribution in [-0.4, -0.2) is 21.8 Å². The van der Waals surface area contributed by atoms with E-state index < -0.39 is 17.7 Å². The number of carbonyl (C=O) groups is 2. The first-order chi connectivity index (χ1) is 13.6. The van der Waals surface area contributed by atoms with Crippen molar-refractivity contribution >= 4 is 23.1 Å². The van der Waals surface area contributed by atoms with E-state index in [2.05, 4.69) is 4.98 Å². The smallest absolute Gasteiger partial charge is 0.300 e. The summed E-state index contributed by atoms with van der Waals surface area (Å²) < 4.78 is 0. The highest BCUT2D eigenvalue weighted by molar-refractivity contribution is 6.51. The van der Waals surface area contributed by atoms with E-state index in [-0.39, 0.29) is 11.3 Å². The number of carbonyl (C=O) groups excluding carboxylic acids is 2. The molecular weight excluding hydrogens is 352 g/mol. The Morgan fingerprint density at radius 1 is 0.964 bits per heavy atom. The molecule has 1 amide bonds. The molecule has 2 aromatic carbocycles. The molecule has 1 aliphatic heterocycles. The van der Waals surface area contributed by atoms with Crippen molar-refractivity contribution in [3.8, 4) is 0 Å². The number of Topliss-reactive ketones (excluding diaryl/α,β-unsaturated/α-hetero) is 1. The highest BCUT2D eigenvalue weighted by Gasteiger charge is 2.46. The molecule has 138 valence electrons. The molecule has 1 saturated heterocycles. The SMILES string of the molecule is Cc1ccc(C(O)=C2C(=O)C(=O)N(c3ccccc3)C2c2cccnc2)cc1. The second kappa shape index (κ2) is 7.12. The summed E-state index contributed by atoms with van der Waals surface area (Å²) in [6.45, 7) is 1.94. The van der Waals surface area contributed by atoms with Gasteiger partial charge in [0.15, 0.2) is 0 Å². The molecule has 28 heavy (non-hydrogen) atoms. The summed E-state index contributed by atoms with van der Waals surface area (Å²) in [4.78, 5) is 31.4. The zero-order valence-corrected chi connectivity index (χ0v) is 15.2. The third-order valence-corrected chi connectivity index (χ3v) is 4.80. The van der Waals surface area contributed by atoms with Crippen molar-refractivity contribution < 1.29 is 14.7 Å². The molecule has 3 aromatic rings. The number of aromatic nitrogens is 1. The quantitative estimate of drug-likeness (QED) is 0.429. The topological polar surface area (TPSA) is 70.5 Å². The lowest BCUT2D eigenvalue weighted by Crippen LogP contribution is -2.29. The average molecular weight is 370 g/mol. The van der Waals surface area contributed by atoms with Gasteiger partial charge in [-0.05, 0) is 30.7 Å². The number of hydrogen-bond acceptors (Lipinski definition) is 4. The third kappa shape index (κ3) is 2.97.